The fourth-order valence-electron chi connectivity index (χ4n) is 4.91. The minimum Gasteiger partial charge on any atom is -0.366 e. The summed E-state index contributed by atoms with van der Waals surface area (Å²) in [6, 6.07) is 12.9. The van der Waals surface area contributed by atoms with Crippen molar-refractivity contribution < 1.29 is 14.4 Å². The molecule has 0 bridgehead atoms. The van der Waals surface area contributed by atoms with Crippen LogP contribution >= 0.6 is 23.4 Å². The first-order valence-electron chi connectivity index (χ1n) is 11.8. The number of anilines is 2. The second-order valence-corrected chi connectivity index (χ2v) is 11.1. The van der Waals surface area contributed by atoms with Crippen LogP contribution in [0.25, 0.3) is 6.08 Å². The molecule has 3 amide bonds. The SMILES string of the molecule is CCCN1c2ccc(/C=C3/SC(=O)N(CC(=O)Nc4ccc(Cl)cc4)C3=O)cc2C(C)CC1(C)C. The summed E-state index contributed by atoms with van der Waals surface area (Å²) in [6.45, 7) is 9.65. The molecule has 1 N–H and O–H groups in total. The van der Waals surface area contributed by atoms with E-state index in [1.807, 2.05) is 6.07 Å². The van der Waals surface area contributed by atoms with E-state index in [0.717, 1.165) is 41.6 Å². The number of nitrogens with one attached hydrogen (secondary N) is 1. The molecule has 6 nitrogen and oxygen atoms in total. The van der Waals surface area contributed by atoms with Gasteiger partial charge >= 0.3 is 0 Å². The maximum Gasteiger partial charge on any atom is 0.294 e. The molecular formula is C27H30ClN3O3S. The van der Waals surface area contributed by atoms with Gasteiger partial charge in [0.05, 0.1) is 4.91 Å². The number of imide groups is 1. The number of thioether (sulfide) groups is 1. The van der Waals surface area contributed by atoms with Crippen molar-refractivity contribution in [1.29, 1.82) is 0 Å². The van der Waals surface area contributed by atoms with E-state index in [2.05, 4.69) is 50.0 Å². The van der Waals surface area contributed by atoms with Gasteiger partial charge < -0.3 is 10.2 Å². The lowest BCUT2D eigenvalue weighted by molar-refractivity contribution is -0.127. The van der Waals surface area contributed by atoms with E-state index >= 15 is 0 Å². The molecule has 2 aliphatic heterocycles. The fourth-order valence-corrected chi connectivity index (χ4v) is 5.87. The molecule has 0 radical (unpaired) electrons. The van der Waals surface area contributed by atoms with Gasteiger partial charge in [-0.25, -0.2) is 0 Å². The van der Waals surface area contributed by atoms with Gasteiger partial charge in [0.2, 0.25) is 5.91 Å². The molecule has 2 aliphatic rings. The summed E-state index contributed by atoms with van der Waals surface area (Å²) in [5.41, 5.74) is 4.00. The zero-order valence-electron chi connectivity index (χ0n) is 20.4. The average molecular weight is 512 g/mol. The van der Waals surface area contributed by atoms with Crippen LogP contribution in [0.1, 0.15) is 57.6 Å². The average Bonchev–Trinajstić information content (AvgIpc) is 3.05. The molecule has 0 aliphatic carbocycles. The second-order valence-electron chi connectivity index (χ2n) is 9.71. The Labute approximate surface area is 215 Å². The van der Waals surface area contributed by atoms with Crippen LogP contribution in [0.2, 0.25) is 5.02 Å². The summed E-state index contributed by atoms with van der Waals surface area (Å²) in [7, 11) is 0. The molecule has 0 spiro atoms. The number of rotatable bonds is 6. The summed E-state index contributed by atoms with van der Waals surface area (Å²) in [6.07, 6.45) is 3.86. The van der Waals surface area contributed by atoms with Crippen LogP contribution in [0.5, 0.6) is 0 Å². The van der Waals surface area contributed by atoms with Gasteiger partial charge in [0.1, 0.15) is 6.54 Å². The molecule has 2 aromatic rings. The maximum atomic E-state index is 12.9. The van der Waals surface area contributed by atoms with Crippen LogP contribution in [-0.4, -0.2) is 40.6 Å². The Morgan fingerprint density at radius 1 is 1.20 bits per heavy atom. The fraction of sp³-hybridized carbons (Fsp3) is 0.370. The smallest absolute Gasteiger partial charge is 0.294 e. The Morgan fingerprint density at radius 3 is 2.60 bits per heavy atom. The first-order valence-corrected chi connectivity index (χ1v) is 13.0. The molecule has 1 unspecified atom stereocenters. The lowest BCUT2D eigenvalue weighted by atomic mass is 9.79. The van der Waals surface area contributed by atoms with Crippen molar-refractivity contribution in [3.63, 3.8) is 0 Å². The highest BCUT2D eigenvalue weighted by Gasteiger charge is 2.37. The van der Waals surface area contributed by atoms with Crippen LogP contribution in [0.15, 0.2) is 47.4 Å². The Hall–Kier alpha value is -2.77. The van der Waals surface area contributed by atoms with Gasteiger partial charge in [-0.3, -0.25) is 19.3 Å². The van der Waals surface area contributed by atoms with Crippen molar-refractivity contribution in [3.05, 3.63) is 63.5 Å². The number of fused-ring (bicyclic) bond motifs is 1. The molecule has 8 heteroatoms. The predicted molar refractivity (Wildman–Crippen MR) is 144 cm³/mol. The van der Waals surface area contributed by atoms with E-state index in [9.17, 15) is 14.4 Å². The third kappa shape index (κ3) is 5.41. The van der Waals surface area contributed by atoms with Gasteiger partial charge in [-0.15, -0.1) is 0 Å². The normalized spacial score (nSPS) is 20.4. The number of carbonyl (C=O) groups excluding carboxylic acids is 3. The van der Waals surface area contributed by atoms with Gasteiger partial charge in [-0.2, -0.15) is 0 Å². The van der Waals surface area contributed by atoms with Crippen molar-refractivity contribution in [1.82, 2.24) is 4.90 Å². The van der Waals surface area contributed by atoms with Crippen molar-refractivity contribution in [2.75, 3.05) is 23.3 Å². The third-order valence-corrected chi connectivity index (χ3v) is 7.62. The molecule has 2 aromatic carbocycles. The number of carbonyl (C=O) groups is 3. The summed E-state index contributed by atoms with van der Waals surface area (Å²) in [4.78, 5) is 41.6. The first kappa shape index (κ1) is 25.3. The predicted octanol–water partition coefficient (Wildman–Crippen LogP) is 6.52. The molecule has 4 rings (SSSR count). The molecule has 1 saturated heterocycles. The molecule has 0 aromatic heterocycles. The molecule has 184 valence electrons. The van der Waals surface area contributed by atoms with Crippen LogP contribution in [-0.2, 0) is 9.59 Å². The van der Waals surface area contributed by atoms with Crippen LogP contribution < -0.4 is 10.2 Å². The largest absolute Gasteiger partial charge is 0.366 e. The summed E-state index contributed by atoms with van der Waals surface area (Å²) < 4.78 is 0. The van der Waals surface area contributed by atoms with Crippen molar-refractivity contribution in [3.8, 4) is 0 Å². The highest BCUT2D eigenvalue weighted by molar-refractivity contribution is 8.18. The minimum absolute atomic E-state index is 0.0825. The number of amides is 3. The lowest BCUT2D eigenvalue weighted by Crippen LogP contribution is -2.48. The van der Waals surface area contributed by atoms with Gasteiger partial charge in [0.15, 0.2) is 0 Å². The Morgan fingerprint density at radius 2 is 1.91 bits per heavy atom. The summed E-state index contributed by atoms with van der Waals surface area (Å²) >= 11 is 6.73. The van der Waals surface area contributed by atoms with Crippen LogP contribution in [0, 0.1) is 0 Å². The molecule has 1 atom stereocenters. The summed E-state index contributed by atoms with van der Waals surface area (Å²) in [5.74, 6) is -0.518. The zero-order valence-corrected chi connectivity index (χ0v) is 22.0. The number of hydrogen-bond acceptors (Lipinski definition) is 5. The topological polar surface area (TPSA) is 69.7 Å². The van der Waals surface area contributed by atoms with E-state index in [1.165, 1.54) is 11.3 Å². The molecular weight excluding hydrogens is 482 g/mol. The first-order chi connectivity index (χ1) is 16.6. The van der Waals surface area contributed by atoms with Crippen LogP contribution in [0.3, 0.4) is 0 Å². The van der Waals surface area contributed by atoms with Gasteiger partial charge in [0, 0.05) is 28.5 Å². The van der Waals surface area contributed by atoms with Gasteiger partial charge in [-0.1, -0.05) is 31.5 Å². The van der Waals surface area contributed by atoms with Gasteiger partial charge in [-0.05, 0) is 98.0 Å². The Bertz CT molecular complexity index is 1190. The van der Waals surface area contributed by atoms with E-state index in [4.69, 9.17) is 11.6 Å². The standard InChI is InChI=1S/C27H30ClN3O3S/c1-5-12-31-22-11-6-18(13-21(22)17(2)15-27(31,3)4)14-23-25(33)30(26(34)35-23)16-24(32)29-20-9-7-19(28)8-10-20/h6-11,13-14,17H,5,12,15-16H2,1-4H3,(H,29,32)/b23-14+. The molecule has 0 saturated carbocycles. The number of halogens is 1. The van der Waals surface area contributed by atoms with Crippen molar-refractivity contribution >= 4 is 57.9 Å². The van der Waals surface area contributed by atoms with Crippen molar-refractivity contribution in [2.45, 2.75) is 52.0 Å². The van der Waals surface area contributed by atoms with Crippen LogP contribution in [0.4, 0.5) is 16.2 Å². The van der Waals surface area contributed by atoms with E-state index in [0.29, 0.717) is 21.5 Å². The second kappa shape index (κ2) is 10.1. The quantitative estimate of drug-likeness (QED) is 0.447. The Kier molecular flexibility index (Phi) is 7.29. The number of hydrogen-bond donors (Lipinski definition) is 1. The van der Waals surface area contributed by atoms with E-state index in [1.54, 1.807) is 30.3 Å². The molecule has 1 fully saturated rings. The Balaban J connectivity index is 1.51. The minimum atomic E-state index is -0.453. The summed E-state index contributed by atoms with van der Waals surface area (Å²) in [5, 5.41) is 2.79. The third-order valence-electron chi connectivity index (χ3n) is 6.46. The number of nitrogens with zero attached hydrogens (tertiary/aromatic N) is 2. The number of benzene rings is 2. The molecule has 2 heterocycles. The van der Waals surface area contributed by atoms with Gasteiger partial charge in [0.25, 0.3) is 11.1 Å². The van der Waals surface area contributed by atoms with Crippen molar-refractivity contribution in [2.24, 2.45) is 0 Å². The monoisotopic (exact) mass is 511 g/mol. The van der Waals surface area contributed by atoms with E-state index < -0.39 is 17.1 Å². The van der Waals surface area contributed by atoms with E-state index in [-0.39, 0.29) is 12.1 Å². The lowest BCUT2D eigenvalue weighted by Gasteiger charge is -2.47. The highest BCUT2D eigenvalue weighted by atomic mass is 35.5. The highest BCUT2D eigenvalue weighted by Crippen LogP contribution is 2.44. The zero-order chi connectivity index (χ0) is 25.3. The molecule has 35 heavy (non-hydrogen) atoms. The maximum absolute atomic E-state index is 12.9.